The van der Waals surface area contributed by atoms with E-state index in [-0.39, 0.29) is 17.3 Å². The van der Waals surface area contributed by atoms with Crippen LogP contribution in [-0.4, -0.2) is 33.0 Å². The van der Waals surface area contributed by atoms with Crippen LogP contribution in [0.4, 0.5) is 0 Å². The predicted octanol–water partition coefficient (Wildman–Crippen LogP) is 4.00. The molecule has 0 fully saturated rings. The van der Waals surface area contributed by atoms with Gasteiger partial charge < -0.3 is 5.32 Å². The molecule has 1 heterocycles. The molecule has 0 saturated carbocycles. The van der Waals surface area contributed by atoms with Crippen LogP contribution in [0.3, 0.4) is 0 Å². The third-order valence-corrected chi connectivity index (χ3v) is 6.01. The molecule has 0 amide bonds. The Kier molecular flexibility index (Phi) is 8.59. The SMILES string of the molecule is Cl.O=S(=O)(NCCNCC=Cc1ccc(Br)cc1)c1cccc2cnccc12. The Hall–Kier alpha value is -1.77. The number of hydrogen-bond donors (Lipinski definition) is 2. The van der Waals surface area contributed by atoms with Crippen molar-refractivity contribution >= 4 is 55.2 Å². The van der Waals surface area contributed by atoms with Gasteiger partial charge in [0.05, 0.1) is 4.90 Å². The van der Waals surface area contributed by atoms with Gasteiger partial charge in [-0.25, -0.2) is 13.1 Å². The first-order chi connectivity index (χ1) is 13.1. The molecule has 3 aromatic rings. The number of fused-ring (bicyclic) bond motifs is 1. The molecule has 0 aliphatic heterocycles. The van der Waals surface area contributed by atoms with E-state index in [4.69, 9.17) is 0 Å². The van der Waals surface area contributed by atoms with E-state index in [1.165, 1.54) is 0 Å². The van der Waals surface area contributed by atoms with Crippen molar-refractivity contribution in [2.45, 2.75) is 4.90 Å². The lowest BCUT2D eigenvalue weighted by molar-refractivity contribution is 0.579. The van der Waals surface area contributed by atoms with E-state index in [0.29, 0.717) is 25.0 Å². The molecule has 0 radical (unpaired) electrons. The van der Waals surface area contributed by atoms with Crippen molar-refractivity contribution < 1.29 is 8.42 Å². The van der Waals surface area contributed by atoms with Crippen LogP contribution >= 0.6 is 28.3 Å². The molecule has 0 unspecified atom stereocenters. The summed E-state index contributed by atoms with van der Waals surface area (Å²) in [5.74, 6) is 0. The van der Waals surface area contributed by atoms with Gasteiger partial charge in [0.2, 0.25) is 10.0 Å². The summed E-state index contributed by atoms with van der Waals surface area (Å²) in [4.78, 5) is 4.31. The first-order valence-electron chi connectivity index (χ1n) is 8.51. The number of nitrogens with zero attached hydrogens (tertiary/aromatic N) is 1. The van der Waals surface area contributed by atoms with E-state index >= 15 is 0 Å². The third kappa shape index (κ3) is 6.12. The third-order valence-electron chi connectivity index (χ3n) is 3.97. The number of aromatic nitrogens is 1. The van der Waals surface area contributed by atoms with Crippen molar-refractivity contribution in [2.75, 3.05) is 19.6 Å². The zero-order valence-corrected chi connectivity index (χ0v) is 18.2. The summed E-state index contributed by atoms with van der Waals surface area (Å²) in [5, 5.41) is 4.67. The molecule has 0 spiro atoms. The van der Waals surface area contributed by atoms with Gasteiger partial charge in [0.25, 0.3) is 0 Å². The lowest BCUT2D eigenvalue weighted by atomic mass is 10.2. The average Bonchev–Trinajstić information content (AvgIpc) is 2.68. The largest absolute Gasteiger partial charge is 0.312 e. The van der Waals surface area contributed by atoms with E-state index in [1.807, 2.05) is 42.5 Å². The van der Waals surface area contributed by atoms with E-state index in [0.717, 1.165) is 15.4 Å². The number of hydrogen-bond acceptors (Lipinski definition) is 4. The summed E-state index contributed by atoms with van der Waals surface area (Å²) >= 11 is 3.41. The van der Waals surface area contributed by atoms with Gasteiger partial charge in [0, 0.05) is 47.3 Å². The van der Waals surface area contributed by atoms with E-state index in [1.54, 1.807) is 30.6 Å². The Morgan fingerprint density at radius 2 is 1.82 bits per heavy atom. The molecule has 0 aliphatic carbocycles. The monoisotopic (exact) mass is 481 g/mol. The lowest BCUT2D eigenvalue weighted by Crippen LogP contribution is -2.32. The highest BCUT2D eigenvalue weighted by Crippen LogP contribution is 2.21. The molecule has 0 saturated heterocycles. The fraction of sp³-hybridized carbons (Fsp3) is 0.150. The van der Waals surface area contributed by atoms with E-state index < -0.39 is 10.0 Å². The molecule has 3 rings (SSSR count). The molecule has 1 aromatic heterocycles. The molecule has 0 aliphatic rings. The predicted molar refractivity (Wildman–Crippen MR) is 120 cm³/mol. The molecule has 2 N–H and O–H groups in total. The molecule has 2 aromatic carbocycles. The van der Waals surface area contributed by atoms with Crippen LogP contribution in [0.2, 0.25) is 0 Å². The van der Waals surface area contributed by atoms with Crippen molar-refractivity contribution in [1.82, 2.24) is 15.0 Å². The Morgan fingerprint density at radius 3 is 2.61 bits per heavy atom. The maximum atomic E-state index is 12.6. The first-order valence-corrected chi connectivity index (χ1v) is 10.8. The van der Waals surface area contributed by atoms with Crippen molar-refractivity contribution in [3.05, 3.63) is 77.0 Å². The van der Waals surface area contributed by atoms with Crippen molar-refractivity contribution in [2.24, 2.45) is 0 Å². The van der Waals surface area contributed by atoms with Crippen LogP contribution < -0.4 is 10.0 Å². The van der Waals surface area contributed by atoms with Crippen LogP contribution in [-0.2, 0) is 10.0 Å². The number of rotatable bonds is 8. The highest BCUT2D eigenvalue weighted by molar-refractivity contribution is 9.10. The van der Waals surface area contributed by atoms with Gasteiger partial charge in [0.1, 0.15) is 0 Å². The molecule has 0 atom stereocenters. The summed E-state index contributed by atoms with van der Waals surface area (Å²) in [6, 6.07) is 14.9. The van der Waals surface area contributed by atoms with Gasteiger partial charge in [-0.1, -0.05) is 52.3 Å². The quantitative estimate of drug-likeness (QED) is 0.476. The standard InChI is InChI=1S/C20H20BrN3O2S.ClH/c21-18-8-6-16(7-9-18)3-2-11-22-13-14-24-27(25,26)20-5-1-4-17-15-23-12-10-19(17)20;/h1-10,12,15,22,24H,11,13-14H2;1H. The average molecular weight is 483 g/mol. The van der Waals surface area contributed by atoms with Crippen molar-refractivity contribution in [3.8, 4) is 0 Å². The molecule has 28 heavy (non-hydrogen) atoms. The summed E-state index contributed by atoms with van der Waals surface area (Å²) in [6.07, 6.45) is 7.29. The van der Waals surface area contributed by atoms with Crippen LogP contribution in [0.25, 0.3) is 16.8 Å². The van der Waals surface area contributed by atoms with Gasteiger partial charge in [0.15, 0.2) is 0 Å². The Balaban J connectivity index is 0.00000280. The minimum Gasteiger partial charge on any atom is -0.312 e. The van der Waals surface area contributed by atoms with Crippen LogP contribution in [0.15, 0.2) is 76.4 Å². The fourth-order valence-electron chi connectivity index (χ4n) is 2.63. The summed E-state index contributed by atoms with van der Waals surface area (Å²) < 4.78 is 28.8. The topological polar surface area (TPSA) is 71.1 Å². The summed E-state index contributed by atoms with van der Waals surface area (Å²) in [5.41, 5.74) is 1.12. The highest BCUT2D eigenvalue weighted by Gasteiger charge is 2.16. The summed E-state index contributed by atoms with van der Waals surface area (Å²) in [7, 11) is -3.57. The van der Waals surface area contributed by atoms with E-state index in [2.05, 4.69) is 31.0 Å². The second-order valence-corrected chi connectivity index (χ2v) is 8.56. The maximum Gasteiger partial charge on any atom is 0.241 e. The van der Waals surface area contributed by atoms with Crippen LogP contribution in [0.1, 0.15) is 5.56 Å². The lowest BCUT2D eigenvalue weighted by Gasteiger charge is -2.09. The normalized spacial score (nSPS) is 11.6. The Labute approximate surface area is 179 Å². The molecule has 148 valence electrons. The number of benzene rings is 2. The van der Waals surface area contributed by atoms with Crippen LogP contribution in [0.5, 0.6) is 0 Å². The van der Waals surface area contributed by atoms with Gasteiger partial charge in [-0.2, -0.15) is 0 Å². The maximum absolute atomic E-state index is 12.6. The van der Waals surface area contributed by atoms with Gasteiger partial charge in [-0.3, -0.25) is 4.98 Å². The van der Waals surface area contributed by atoms with Crippen LogP contribution in [0, 0.1) is 0 Å². The summed E-state index contributed by atoms with van der Waals surface area (Å²) in [6.45, 7) is 1.52. The van der Waals surface area contributed by atoms with Crippen molar-refractivity contribution in [3.63, 3.8) is 0 Å². The Morgan fingerprint density at radius 1 is 1.04 bits per heavy atom. The molecule has 8 heteroatoms. The zero-order chi connectivity index (χ0) is 19.1. The second-order valence-electron chi connectivity index (χ2n) is 5.91. The second kappa shape index (κ2) is 10.7. The molecular formula is C20H21BrClN3O2S. The molecular weight excluding hydrogens is 462 g/mol. The molecule has 0 bridgehead atoms. The van der Waals surface area contributed by atoms with Gasteiger partial charge >= 0.3 is 0 Å². The van der Waals surface area contributed by atoms with Crippen molar-refractivity contribution in [1.29, 1.82) is 0 Å². The van der Waals surface area contributed by atoms with E-state index in [9.17, 15) is 8.42 Å². The fourth-order valence-corrected chi connectivity index (χ4v) is 4.16. The number of pyridine rings is 1. The minimum atomic E-state index is -3.57. The first kappa shape index (κ1) is 22.5. The number of halogens is 2. The Bertz CT molecular complexity index is 1040. The highest BCUT2D eigenvalue weighted by atomic mass is 79.9. The van der Waals surface area contributed by atoms with Gasteiger partial charge in [-0.15, -0.1) is 12.4 Å². The zero-order valence-electron chi connectivity index (χ0n) is 15.0. The smallest absolute Gasteiger partial charge is 0.241 e. The number of sulfonamides is 1. The minimum absolute atomic E-state index is 0. The van der Waals surface area contributed by atoms with Gasteiger partial charge in [-0.05, 0) is 29.8 Å². The molecule has 5 nitrogen and oxygen atoms in total. The number of nitrogens with one attached hydrogen (secondary N) is 2.